The minimum Gasteiger partial charge on any atom is -0.469 e. The molecule has 1 unspecified atom stereocenters. The third-order valence-corrected chi connectivity index (χ3v) is 4.07. The number of hydrogen-bond donors (Lipinski definition) is 0. The van der Waals surface area contributed by atoms with E-state index < -0.39 is 0 Å². The molecule has 2 aliphatic carbocycles. The first-order valence-electron chi connectivity index (χ1n) is 5.91. The standard InChI is InChI=1S/C13H20O2/c1-10-6-7-13(8-10,12(14)15-2)9-11-4-3-5-11/h11H,1,3-9H2,2H3. The van der Waals surface area contributed by atoms with E-state index in [0.717, 1.165) is 31.6 Å². The summed E-state index contributed by atoms with van der Waals surface area (Å²) in [7, 11) is 1.51. The summed E-state index contributed by atoms with van der Waals surface area (Å²) in [5, 5.41) is 0. The molecule has 0 aliphatic heterocycles. The van der Waals surface area contributed by atoms with Crippen LogP contribution >= 0.6 is 0 Å². The predicted octanol–water partition coefficient (Wildman–Crippen LogP) is 3.08. The summed E-state index contributed by atoms with van der Waals surface area (Å²) in [6.45, 7) is 4.01. The van der Waals surface area contributed by atoms with Crippen LogP contribution in [-0.2, 0) is 9.53 Å². The van der Waals surface area contributed by atoms with Gasteiger partial charge in [0.1, 0.15) is 0 Å². The molecule has 0 aromatic heterocycles. The van der Waals surface area contributed by atoms with Crippen LogP contribution in [-0.4, -0.2) is 13.1 Å². The molecule has 0 saturated heterocycles. The Morgan fingerprint density at radius 2 is 2.33 bits per heavy atom. The highest BCUT2D eigenvalue weighted by atomic mass is 16.5. The van der Waals surface area contributed by atoms with Gasteiger partial charge in [-0.05, 0) is 31.6 Å². The smallest absolute Gasteiger partial charge is 0.312 e. The van der Waals surface area contributed by atoms with E-state index in [4.69, 9.17) is 4.74 Å². The molecule has 0 aromatic rings. The van der Waals surface area contributed by atoms with Crippen molar-refractivity contribution in [1.82, 2.24) is 0 Å². The predicted molar refractivity (Wildman–Crippen MR) is 59.4 cm³/mol. The molecule has 2 saturated carbocycles. The molecule has 1 atom stereocenters. The number of methoxy groups -OCH3 is 1. The molecule has 2 heteroatoms. The van der Waals surface area contributed by atoms with Crippen LogP contribution in [0, 0.1) is 11.3 Å². The molecule has 2 nitrogen and oxygen atoms in total. The second kappa shape index (κ2) is 3.99. The lowest BCUT2D eigenvalue weighted by molar-refractivity contribution is -0.154. The van der Waals surface area contributed by atoms with Crippen molar-refractivity contribution in [3.8, 4) is 0 Å². The number of allylic oxidation sites excluding steroid dienone is 1. The van der Waals surface area contributed by atoms with Gasteiger partial charge in [-0.1, -0.05) is 31.4 Å². The molecule has 2 aliphatic rings. The van der Waals surface area contributed by atoms with E-state index in [0.29, 0.717) is 0 Å². The number of rotatable bonds is 3. The maximum Gasteiger partial charge on any atom is 0.312 e. The molecule has 2 fully saturated rings. The molecule has 84 valence electrons. The zero-order chi connectivity index (χ0) is 10.9. The van der Waals surface area contributed by atoms with Gasteiger partial charge >= 0.3 is 5.97 Å². The molecule has 0 radical (unpaired) electrons. The normalized spacial score (nSPS) is 31.4. The van der Waals surface area contributed by atoms with E-state index in [-0.39, 0.29) is 11.4 Å². The highest BCUT2D eigenvalue weighted by molar-refractivity contribution is 5.77. The van der Waals surface area contributed by atoms with E-state index in [1.54, 1.807) is 0 Å². The number of hydrogen-bond acceptors (Lipinski definition) is 2. The third kappa shape index (κ3) is 1.95. The lowest BCUT2D eigenvalue weighted by Gasteiger charge is -2.34. The van der Waals surface area contributed by atoms with Crippen molar-refractivity contribution in [1.29, 1.82) is 0 Å². The van der Waals surface area contributed by atoms with Gasteiger partial charge in [-0.15, -0.1) is 0 Å². The Kier molecular flexibility index (Phi) is 2.85. The minimum absolute atomic E-state index is 0.00644. The van der Waals surface area contributed by atoms with Crippen molar-refractivity contribution in [3.05, 3.63) is 12.2 Å². The minimum atomic E-state index is -0.211. The van der Waals surface area contributed by atoms with Gasteiger partial charge in [0, 0.05) is 0 Å². The summed E-state index contributed by atoms with van der Waals surface area (Å²) in [6.07, 6.45) is 7.77. The van der Waals surface area contributed by atoms with Gasteiger partial charge in [-0.3, -0.25) is 4.79 Å². The van der Waals surface area contributed by atoms with Crippen molar-refractivity contribution < 1.29 is 9.53 Å². The first-order chi connectivity index (χ1) is 7.16. The van der Waals surface area contributed by atoms with E-state index >= 15 is 0 Å². The molecule has 0 aromatic carbocycles. The quantitative estimate of drug-likeness (QED) is 0.526. The summed E-state index contributed by atoms with van der Waals surface area (Å²) in [4.78, 5) is 11.9. The van der Waals surface area contributed by atoms with Gasteiger partial charge in [-0.2, -0.15) is 0 Å². The summed E-state index contributed by atoms with van der Waals surface area (Å²) < 4.78 is 4.98. The molecule has 0 N–H and O–H groups in total. The SMILES string of the molecule is C=C1CCC(CC2CCC2)(C(=O)OC)C1. The zero-order valence-electron chi connectivity index (χ0n) is 9.55. The van der Waals surface area contributed by atoms with Crippen LogP contribution in [0.15, 0.2) is 12.2 Å². The molecule has 0 bridgehead atoms. The van der Waals surface area contributed by atoms with Crippen LogP contribution in [0.25, 0.3) is 0 Å². The maximum absolute atomic E-state index is 11.9. The number of carbonyl (C=O) groups is 1. The van der Waals surface area contributed by atoms with Gasteiger partial charge in [-0.25, -0.2) is 0 Å². The fourth-order valence-corrected chi connectivity index (χ4v) is 2.97. The lowest BCUT2D eigenvalue weighted by atomic mass is 9.70. The van der Waals surface area contributed by atoms with Gasteiger partial charge < -0.3 is 4.74 Å². The fraction of sp³-hybridized carbons (Fsp3) is 0.769. The molecule has 0 amide bonds. The summed E-state index contributed by atoms with van der Waals surface area (Å²) in [6, 6.07) is 0. The molecule has 0 heterocycles. The Labute approximate surface area is 91.7 Å². The van der Waals surface area contributed by atoms with Crippen LogP contribution in [0.3, 0.4) is 0 Å². The van der Waals surface area contributed by atoms with Crippen LogP contribution in [0.4, 0.5) is 0 Å². The van der Waals surface area contributed by atoms with Crippen LogP contribution in [0.5, 0.6) is 0 Å². The van der Waals surface area contributed by atoms with E-state index in [1.807, 2.05) is 0 Å². The number of carbonyl (C=O) groups excluding carboxylic acids is 1. The van der Waals surface area contributed by atoms with Crippen molar-refractivity contribution in [3.63, 3.8) is 0 Å². The monoisotopic (exact) mass is 208 g/mol. The van der Waals surface area contributed by atoms with Crippen molar-refractivity contribution in [2.45, 2.75) is 44.9 Å². The van der Waals surface area contributed by atoms with E-state index in [2.05, 4.69) is 6.58 Å². The van der Waals surface area contributed by atoms with Crippen molar-refractivity contribution in [2.75, 3.05) is 7.11 Å². The largest absolute Gasteiger partial charge is 0.469 e. The summed E-state index contributed by atoms with van der Waals surface area (Å²) in [5.74, 6) is 0.753. The average molecular weight is 208 g/mol. The Hall–Kier alpha value is -0.790. The van der Waals surface area contributed by atoms with E-state index in [9.17, 15) is 4.79 Å². The molecular weight excluding hydrogens is 188 g/mol. The average Bonchev–Trinajstić information content (AvgIpc) is 2.54. The lowest BCUT2D eigenvalue weighted by Crippen LogP contribution is -2.33. The molecule has 0 spiro atoms. The molecular formula is C13H20O2. The second-order valence-electron chi connectivity index (χ2n) is 5.20. The second-order valence-corrected chi connectivity index (χ2v) is 5.20. The topological polar surface area (TPSA) is 26.3 Å². The Morgan fingerprint density at radius 3 is 2.73 bits per heavy atom. The number of ether oxygens (including phenoxy) is 1. The van der Waals surface area contributed by atoms with Crippen LogP contribution < -0.4 is 0 Å². The van der Waals surface area contributed by atoms with Gasteiger partial charge in [0.05, 0.1) is 12.5 Å². The van der Waals surface area contributed by atoms with Gasteiger partial charge in [0.2, 0.25) is 0 Å². The fourth-order valence-electron chi connectivity index (χ4n) is 2.97. The third-order valence-electron chi connectivity index (χ3n) is 4.07. The summed E-state index contributed by atoms with van der Waals surface area (Å²) >= 11 is 0. The molecule has 2 rings (SSSR count). The number of esters is 1. The Bertz CT molecular complexity index is 278. The highest BCUT2D eigenvalue weighted by Crippen LogP contribution is 2.49. The molecule has 15 heavy (non-hydrogen) atoms. The maximum atomic E-state index is 11.9. The summed E-state index contributed by atoms with van der Waals surface area (Å²) in [5.41, 5.74) is 1.01. The van der Waals surface area contributed by atoms with Gasteiger partial charge in [0.25, 0.3) is 0 Å². The first kappa shape index (κ1) is 10.7. The Morgan fingerprint density at radius 1 is 1.60 bits per heavy atom. The first-order valence-corrected chi connectivity index (χ1v) is 5.91. The van der Waals surface area contributed by atoms with Crippen LogP contribution in [0.1, 0.15) is 44.9 Å². The van der Waals surface area contributed by atoms with Crippen molar-refractivity contribution >= 4 is 5.97 Å². The zero-order valence-corrected chi connectivity index (χ0v) is 9.55. The van der Waals surface area contributed by atoms with E-state index in [1.165, 1.54) is 31.9 Å². The highest BCUT2D eigenvalue weighted by Gasteiger charge is 2.45. The van der Waals surface area contributed by atoms with Gasteiger partial charge in [0.15, 0.2) is 0 Å². The van der Waals surface area contributed by atoms with Crippen molar-refractivity contribution in [2.24, 2.45) is 11.3 Å². The van der Waals surface area contributed by atoms with Crippen LogP contribution in [0.2, 0.25) is 0 Å². The Balaban J connectivity index is 2.07.